The van der Waals surface area contributed by atoms with Crippen LogP contribution in [-0.2, 0) is 11.2 Å². The van der Waals surface area contributed by atoms with Gasteiger partial charge in [0.2, 0.25) is 5.76 Å². The molecule has 106 valence electrons. The van der Waals surface area contributed by atoms with Crippen LogP contribution in [-0.4, -0.2) is 53.5 Å². The molecule has 0 aromatic carbocycles. The van der Waals surface area contributed by atoms with E-state index >= 15 is 0 Å². The maximum atomic E-state index is 12.2. The Hall–Kier alpha value is -1.40. The van der Waals surface area contributed by atoms with Gasteiger partial charge in [-0.15, -0.1) is 0 Å². The Balaban J connectivity index is 2.03. The van der Waals surface area contributed by atoms with Gasteiger partial charge in [-0.2, -0.15) is 0 Å². The lowest BCUT2D eigenvalue weighted by molar-refractivity contribution is 0.0523. The number of hydrogen-bond acceptors (Lipinski definition) is 5. The number of carbonyl (C=O) groups is 1. The van der Waals surface area contributed by atoms with Crippen molar-refractivity contribution in [2.75, 3.05) is 26.3 Å². The monoisotopic (exact) mass is 268 g/mol. The van der Waals surface area contributed by atoms with Crippen LogP contribution in [0.4, 0.5) is 0 Å². The van der Waals surface area contributed by atoms with E-state index in [1.807, 2.05) is 0 Å². The Labute approximate surface area is 112 Å². The molecule has 1 atom stereocenters. The molecule has 0 spiro atoms. The normalized spacial score (nSPS) is 20.6. The number of carbonyl (C=O) groups excluding carboxylic acids is 1. The quantitative estimate of drug-likeness (QED) is 0.873. The second-order valence-corrected chi connectivity index (χ2v) is 5.26. The van der Waals surface area contributed by atoms with Gasteiger partial charge in [-0.25, -0.2) is 0 Å². The third-order valence-corrected chi connectivity index (χ3v) is 2.92. The lowest BCUT2D eigenvalue weighted by atomic mass is 10.1. The number of aromatic nitrogens is 1. The fourth-order valence-electron chi connectivity index (χ4n) is 2.06. The van der Waals surface area contributed by atoms with E-state index in [4.69, 9.17) is 9.26 Å². The van der Waals surface area contributed by atoms with Crippen LogP contribution >= 0.6 is 0 Å². The first-order valence-corrected chi connectivity index (χ1v) is 6.57. The van der Waals surface area contributed by atoms with Gasteiger partial charge >= 0.3 is 0 Å². The van der Waals surface area contributed by atoms with Gasteiger partial charge in [-0.1, -0.05) is 19.0 Å². The molecule has 1 amide bonds. The molecule has 1 aliphatic rings. The number of hydrogen-bond donors (Lipinski definition) is 1. The smallest absolute Gasteiger partial charge is 0.292 e. The molecule has 0 unspecified atom stereocenters. The second kappa shape index (κ2) is 6.16. The number of β-amino-alcohol motifs (C(OH)–C–C–N with tert-alkyl or cyclic N) is 1. The number of rotatable bonds is 3. The van der Waals surface area contributed by atoms with E-state index in [9.17, 15) is 9.90 Å². The number of aliphatic hydroxyl groups excluding tert-OH is 1. The highest BCUT2D eigenvalue weighted by Crippen LogP contribution is 2.12. The van der Waals surface area contributed by atoms with Crippen molar-refractivity contribution in [1.82, 2.24) is 10.1 Å². The van der Waals surface area contributed by atoms with Gasteiger partial charge in [0.05, 0.1) is 25.0 Å². The summed E-state index contributed by atoms with van der Waals surface area (Å²) < 4.78 is 10.3. The van der Waals surface area contributed by atoms with Crippen molar-refractivity contribution in [2.45, 2.75) is 26.4 Å². The lowest BCUT2D eigenvalue weighted by Gasteiger charge is -2.19. The van der Waals surface area contributed by atoms with E-state index in [2.05, 4.69) is 19.0 Å². The van der Waals surface area contributed by atoms with Crippen molar-refractivity contribution in [3.8, 4) is 0 Å². The zero-order valence-corrected chi connectivity index (χ0v) is 11.3. The average Bonchev–Trinajstić information content (AvgIpc) is 2.68. The molecule has 6 nitrogen and oxygen atoms in total. The van der Waals surface area contributed by atoms with Gasteiger partial charge < -0.3 is 19.3 Å². The van der Waals surface area contributed by atoms with Crippen molar-refractivity contribution >= 4 is 5.91 Å². The molecule has 1 N–H and O–H groups in total. The summed E-state index contributed by atoms with van der Waals surface area (Å²) in [5.41, 5.74) is 0.782. The Morgan fingerprint density at radius 3 is 3.16 bits per heavy atom. The van der Waals surface area contributed by atoms with Crippen molar-refractivity contribution < 1.29 is 19.2 Å². The Morgan fingerprint density at radius 1 is 1.63 bits per heavy atom. The SMILES string of the molecule is CC(C)Cc1cc(C(=O)N2CCOC[C@@H](O)C2)on1. The number of nitrogens with zero attached hydrogens (tertiary/aromatic N) is 2. The number of amides is 1. The minimum atomic E-state index is -0.649. The highest BCUT2D eigenvalue weighted by molar-refractivity contribution is 5.91. The van der Waals surface area contributed by atoms with Gasteiger partial charge in [0.15, 0.2) is 0 Å². The highest BCUT2D eigenvalue weighted by Gasteiger charge is 2.25. The van der Waals surface area contributed by atoms with E-state index in [-0.39, 0.29) is 24.8 Å². The molecule has 0 radical (unpaired) electrons. The molecule has 1 aromatic heterocycles. The molecule has 0 aliphatic carbocycles. The number of aliphatic hydroxyl groups is 1. The molecule has 1 aliphatic heterocycles. The van der Waals surface area contributed by atoms with Gasteiger partial charge in [0, 0.05) is 19.2 Å². The average molecular weight is 268 g/mol. The van der Waals surface area contributed by atoms with Crippen molar-refractivity contribution in [3.05, 3.63) is 17.5 Å². The summed E-state index contributed by atoms with van der Waals surface area (Å²) in [6, 6.07) is 1.68. The van der Waals surface area contributed by atoms with Crippen LogP contribution in [0.3, 0.4) is 0 Å². The summed E-state index contributed by atoms with van der Waals surface area (Å²) in [4.78, 5) is 13.8. The fraction of sp³-hybridized carbons (Fsp3) is 0.692. The van der Waals surface area contributed by atoms with Crippen LogP contribution in [0.15, 0.2) is 10.6 Å². The van der Waals surface area contributed by atoms with E-state index in [1.165, 1.54) is 4.90 Å². The molecule has 1 fully saturated rings. The van der Waals surface area contributed by atoms with Gasteiger partial charge in [0.1, 0.15) is 0 Å². The second-order valence-electron chi connectivity index (χ2n) is 5.26. The topological polar surface area (TPSA) is 75.8 Å². The third-order valence-electron chi connectivity index (χ3n) is 2.92. The molecular formula is C13H20N2O4. The molecule has 2 rings (SSSR count). The first-order chi connectivity index (χ1) is 9.06. The first-order valence-electron chi connectivity index (χ1n) is 6.57. The number of ether oxygens (including phenoxy) is 1. The molecule has 1 aromatic rings. The minimum Gasteiger partial charge on any atom is -0.389 e. The van der Waals surface area contributed by atoms with Crippen LogP contribution in [0.25, 0.3) is 0 Å². The molecule has 0 saturated carbocycles. The highest BCUT2D eigenvalue weighted by atomic mass is 16.5. The fourth-order valence-corrected chi connectivity index (χ4v) is 2.06. The Kier molecular flexibility index (Phi) is 4.55. The molecule has 1 saturated heterocycles. The molecular weight excluding hydrogens is 248 g/mol. The van der Waals surface area contributed by atoms with E-state index in [0.29, 0.717) is 19.1 Å². The summed E-state index contributed by atoms with van der Waals surface area (Å²) in [6.07, 6.45) is 0.132. The zero-order chi connectivity index (χ0) is 13.8. The summed E-state index contributed by atoms with van der Waals surface area (Å²) in [7, 11) is 0. The summed E-state index contributed by atoms with van der Waals surface area (Å²) in [5, 5.41) is 13.5. The predicted molar refractivity (Wildman–Crippen MR) is 67.8 cm³/mol. The van der Waals surface area contributed by atoms with Crippen molar-refractivity contribution in [3.63, 3.8) is 0 Å². The first kappa shape index (κ1) is 14.0. The van der Waals surface area contributed by atoms with Crippen LogP contribution in [0.2, 0.25) is 0 Å². The van der Waals surface area contributed by atoms with Crippen LogP contribution in [0.5, 0.6) is 0 Å². The van der Waals surface area contributed by atoms with E-state index < -0.39 is 6.10 Å². The Bertz CT molecular complexity index is 430. The van der Waals surface area contributed by atoms with Crippen molar-refractivity contribution in [2.24, 2.45) is 5.92 Å². The van der Waals surface area contributed by atoms with Crippen molar-refractivity contribution in [1.29, 1.82) is 0 Å². The maximum Gasteiger partial charge on any atom is 0.292 e. The predicted octanol–water partition coefficient (Wildman–Crippen LogP) is 0.706. The zero-order valence-electron chi connectivity index (χ0n) is 11.3. The molecule has 2 heterocycles. The van der Waals surface area contributed by atoms with Gasteiger partial charge in [0.25, 0.3) is 5.91 Å². The minimum absolute atomic E-state index is 0.227. The lowest BCUT2D eigenvalue weighted by Crippen LogP contribution is -2.37. The maximum absolute atomic E-state index is 12.2. The third kappa shape index (κ3) is 3.78. The van der Waals surface area contributed by atoms with Crippen LogP contribution in [0.1, 0.15) is 30.1 Å². The van der Waals surface area contributed by atoms with E-state index in [0.717, 1.165) is 12.1 Å². The molecule has 6 heteroatoms. The van der Waals surface area contributed by atoms with Crippen LogP contribution < -0.4 is 0 Å². The standard InChI is InChI=1S/C13H20N2O4/c1-9(2)5-10-6-12(19-14-10)13(17)15-3-4-18-8-11(16)7-15/h6,9,11,16H,3-5,7-8H2,1-2H3/t11-/m0/s1. The summed E-state index contributed by atoms with van der Waals surface area (Å²) >= 11 is 0. The summed E-state index contributed by atoms with van der Waals surface area (Å²) in [6.45, 7) is 5.57. The van der Waals surface area contributed by atoms with E-state index in [1.54, 1.807) is 6.07 Å². The van der Waals surface area contributed by atoms with Gasteiger partial charge in [-0.3, -0.25) is 4.79 Å². The van der Waals surface area contributed by atoms with Crippen LogP contribution in [0, 0.1) is 5.92 Å². The Morgan fingerprint density at radius 2 is 2.42 bits per heavy atom. The molecule has 0 bridgehead atoms. The molecule has 19 heavy (non-hydrogen) atoms. The summed E-state index contributed by atoms with van der Waals surface area (Å²) in [5.74, 6) is 0.443. The van der Waals surface area contributed by atoms with Gasteiger partial charge in [-0.05, 0) is 12.3 Å². The largest absolute Gasteiger partial charge is 0.389 e.